The number of benzene rings is 2. The molecule has 0 spiro atoms. The van der Waals surface area contributed by atoms with Crippen LogP contribution in [0.3, 0.4) is 0 Å². The van der Waals surface area contributed by atoms with Gasteiger partial charge in [-0.3, -0.25) is 0 Å². The molecule has 0 fully saturated rings. The molecule has 138 valence electrons. The Hall–Kier alpha value is -2.37. The summed E-state index contributed by atoms with van der Waals surface area (Å²) in [5, 5.41) is 4.67. The number of anilines is 1. The first kappa shape index (κ1) is 18.0. The molecule has 2 heterocycles. The van der Waals surface area contributed by atoms with E-state index in [1.807, 2.05) is 43.3 Å². The highest BCUT2D eigenvalue weighted by Crippen LogP contribution is 2.33. The topological polar surface area (TPSA) is 20.2 Å². The van der Waals surface area contributed by atoms with Crippen LogP contribution in [0.4, 0.5) is 10.1 Å². The second kappa shape index (κ2) is 7.33. The molecule has 1 aliphatic rings. The molecular weight excluding hydrogens is 381 g/mol. The number of rotatable bonds is 2. The molecule has 1 aromatic heterocycles. The lowest BCUT2D eigenvalue weighted by molar-refractivity contribution is 0.293. The molecular formula is C21H19ClFN3S. The minimum atomic E-state index is -0.244. The van der Waals surface area contributed by atoms with E-state index in [-0.39, 0.29) is 11.9 Å². The van der Waals surface area contributed by atoms with Gasteiger partial charge in [0.05, 0.1) is 6.04 Å². The molecule has 1 N–H and O–H groups in total. The predicted octanol–water partition coefficient (Wildman–Crippen LogP) is 5.39. The summed E-state index contributed by atoms with van der Waals surface area (Å²) in [4.78, 5) is 2.15. The summed E-state index contributed by atoms with van der Waals surface area (Å²) < 4.78 is 15.7. The van der Waals surface area contributed by atoms with Gasteiger partial charge in [0, 0.05) is 35.7 Å². The smallest absolute Gasteiger partial charge is 0.174 e. The molecule has 0 saturated heterocycles. The van der Waals surface area contributed by atoms with Gasteiger partial charge in [0.25, 0.3) is 0 Å². The van der Waals surface area contributed by atoms with Crippen LogP contribution in [-0.2, 0) is 6.54 Å². The van der Waals surface area contributed by atoms with Gasteiger partial charge in [-0.25, -0.2) is 4.39 Å². The second-order valence-electron chi connectivity index (χ2n) is 6.62. The van der Waals surface area contributed by atoms with Crippen LogP contribution >= 0.6 is 23.8 Å². The van der Waals surface area contributed by atoms with Crippen LogP contribution in [-0.4, -0.2) is 21.1 Å². The monoisotopic (exact) mass is 399 g/mol. The van der Waals surface area contributed by atoms with Gasteiger partial charge >= 0.3 is 0 Å². The van der Waals surface area contributed by atoms with Gasteiger partial charge in [-0.1, -0.05) is 29.8 Å². The standard InChI is InChI=1S/C21H19ClFN3S/c1-14-17(22)4-2-5-18(14)24-21(27)26-13-12-25-11-3-6-19(25)20(26)15-7-9-16(23)10-8-15/h2-11,20H,12-13H2,1H3,(H,24,27). The molecule has 1 atom stereocenters. The lowest BCUT2D eigenvalue weighted by atomic mass is 10.0. The first-order valence-corrected chi connectivity index (χ1v) is 9.56. The van der Waals surface area contributed by atoms with Crippen LogP contribution in [0.5, 0.6) is 0 Å². The summed E-state index contributed by atoms with van der Waals surface area (Å²) in [5.41, 5.74) is 3.99. The molecule has 0 amide bonds. The average Bonchev–Trinajstić information content (AvgIpc) is 3.14. The van der Waals surface area contributed by atoms with E-state index in [9.17, 15) is 4.39 Å². The highest BCUT2D eigenvalue weighted by Gasteiger charge is 2.30. The Balaban J connectivity index is 1.68. The van der Waals surface area contributed by atoms with Gasteiger partial charge < -0.3 is 14.8 Å². The minimum Gasteiger partial charge on any atom is -0.348 e. The third-order valence-corrected chi connectivity index (χ3v) is 5.74. The van der Waals surface area contributed by atoms with Crippen LogP contribution in [0.25, 0.3) is 0 Å². The van der Waals surface area contributed by atoms with Gasteiger partial charge in [0.15, 0.2) is 5.11 Å². The fraction of sp³-hybridized carbons (Fsp3) is 0.190. The number of thiocarbonyl (C=S) groups is 1. The van der Waals surface area contributed by atoms with Crippen molar-refractivity contribution in [1.29, 1.82) is 0 Å². The molecule has 3 aromatic rings. The molecule has 27 heavy (non-hydrogen) atoms. The number of hydrogen-bond acceptors (Lipinski definition) is 1. The molecule has 1 unspecified atom stereocenters. The Labute approximate surface area is 168 Å². The van der Waals surface area contributed by atoms with E-state index in [1.165, 1.54) is 12.1 Å². The molecule has 0 aliphatic carbocycles. The molecule has 1 aliphatic heterocycles. The predicted molar refractivity (Wildman–Crippen MR) is 112 cm³/mol. The van der Waals surface area contributed by atoms with Crippen molar-refractivity contribution >= 4 is 34.6 Å². The molecule has 4 rings (SSSR count). The SMILES string of the molecule is Cc1c(Cl)cccc1NC(=S)N1CCn2cccc2C1c1ccc(F)cc1. The zero-order valence-corrected chi connectivity index (χ0v) is 16.4. The molecule has 3 nitrogen and oxygen atoms in total. The van der Waals surface area contributed by atoms with E-state index in [2.05, 4.69) is 27.0 Å². The first-order valence-electron chi connectivity index (χ1n) is 8.78. The second-order valence-corrected chi connectivity index (χ2v) is 7.41. The van der Waals surface area contributed by atoms with Gasteiger partial charge in [-0.15, -0.1) is 0 Å². The van der Waals surface area contributed by atoms with Gasteiger partial charge in [-0.2, -0.15) is 0 Å². The van der Waals surface area contributed by atoms with E-state index < -0.39 is 0 Å². The third-order valence-electron chi connectivity index (χ3n) is 4.99. The van der Waals surface area contributed by atoms with Crippen LogP contribution in [0.2, 0.25) is 5.02 Å². The van der Waals surface area contributed by atoms with Crippen molar-refractivity contribution in [3.05, 3.63) is 88.5 Å². The Morgan fingerprint density at radius 3 is 2.67 bits per heavy atom. The summed E-state index contributed by atoms with van der Waals surface area (Å²) in [6.45, 7) is 3.57. The number of nitrogens with zero attached hydrogens (tertiary/aromatic N) is 2. The maximum atomic E-state index is 13.4. The summed E-state index contributed by atoms with van der Waals surface area (Å²) in [6, 6.07) is 16.4. The van der Waals surface area contributed by atoms with Crippen molar-refractivity contribution in [1.82, 2.24) is 9.47 Å². The zero-order chi connectivity index (χ0) is 19.0. The molecule has 6 heteroatoms. The van der Waals surface area contributed by atoms with Crippen LogP contribution in [0.15, 0.2) is 60.8 Å². The van der Waals surface area contributed by atoms with Crippen molar-refractivity contribution in [2.45, 2.75) is 19.5 Å². The zero-order valence-electron chi connectivity index (χ0n) is 14.8. The molecule has 0 saturated carbocycles. The van der Waals surface area contributed by atoms with Crippen LogP contribution in [0.1, 0.15) is 22.9 Å². The normalized spacial score (nSPS) is 16.1. The van der Waals surface area contributed by atoms with Crippen LogP contribution in [0, 0.1) is 12.7 Å². The van der Waals surface area contributed by atoms with E-state index in [1.54, 1.807) is 0 Å². The van der Waals surface area contributed by atoms with E-state index in [0.717, 1.165) is 35.6 Å². The number of aromatic nitrogens is 1. The molecule has 0 radical (unpaired) electrons. The van der Waals surface area contributed by atoms with E-state index >= 15 is 0 Å². The highest BCUT2D eigenvalue weighted by atomic mass is 35.5. The van der Waals surface area contributed by atoms with Crippen LogP contribution < -0.4 is 5.32 Å². The lowest BCUT2D eigenvalue weighted by Gasteiger charge is -2.39. The summed E-state index contributed by atoms with van der Waals surface area (Å²) in [5.74, 6) is -0.244. The largest absolute Gasteiger partial charge is 0.348 e. The number of halogens is 2. The van der Waals surface area contributed by atoms with Crippen molar-refractivity contribution in [3.8, 4) is 0 Å². The Morgan fingerprint density at radius 1 is 1.11 bits per heavy atom. The first-order chi connectivity index (χ1) is 13.0. The maximum Gasteiger partial charge on any atom is 0.174 e. The van der Waals surface area contributed by atoms with Crippen molar-refractivity contribution in [2.75, 3.05) is 11.9 Å². The Bertz CT molecular complexity index is 983. The Morgan fingerprint density at radius 2 is 1.89 bits per heavy atom. The number of fused-ring (bicyclic) bond motifs is 1. The lowest BCUT2D eigenvalue weighted by Crippen LogP contribution is -2.44. The van der Waals surface area contributed by atoms with Crippen molar-refractivity contribution in [2.24, 2.45) is 0 Å². The van der Waals surface area contributed by atoms with Crippen molar-refractivity contribution < 1.29 is 4.39 Å². The highest BCUT2D eigenvalue weighted by molar-refractivity contribution is 7.80. The molecule has 2 aromatic carbocycles. The number of hydrogen-bond donors (Lipinski definition) is 1. The quantitative estimate of drug-likeness (QED) is 0.583. The van der Waals surface area contributed by atoms with E-state index in [4.69, 9.17) is 23.8 Å². The summed E-state index contributed by atoms with van der Waals surface area (Å²) >= 11 is 12.0. The summed E-state index contributed by atoms with van der Waals surface area (Å²) in [7, 11) is 0. The Kier molecular flexibility index (Phi) is 4.89. The fourth-order valence-corrected chi connectivity index (χ4v) is 4.01. The minimum absolute atomic E-state index is 0.0751. The van der Waals surface area contributed by atoms with Crippen molar-refractivity contribution in [3.63, 3.8) is 0 Å². The van der Waals surface area contributed by atoms with Gasteiger partial charge in [-0.05, 0) is 66.7 Å². The molecule has 0 bridgehead atoms. The number of nitrogens with one attached hydrogen (secondary N) is 1. The van der Waals surface area contributed by atoms with E-state index in [0.29, 0.717) is 10.1 Å². The average molecular weight is 400 g/mol. The third kappa shape index (κ3) is 3.45. The van der Waals surface area contributed by atoms with Gasteiger partial charge in [0.2, 0.25) is 0 Å². The van der Waals surface area contributed by atoms with Gasteiger partial charge in [0.1, 0.15) is 5.82 Å². The maximum absolute atomic E-state index is 13.4. The fourth-order valence-electron chi connectivity index (χ4n) is 3.53. The summed E-state index contributed by atoms with van der Waals surface area (Å²) in [6.07, 6.45) is 2.07.